The van der Waals surface area contributed by atoms with Gasteiger partial charge in [-0.3, -0.25) is 24.2 Å². The number of carbonyl (C=O) groups excluding carboxylic acids is 3. The van der Waals surface area contributed by atoms with Crippen LogP contribution in [0.3, 0.4) is 0 Å². The summed E-state index contributed by atoms with van der Waals surface area (Å²) in [5.74, 6) is -0.395. The van der Waals surface area contributed by atoms with Gasteiger partial charge in [0.1, 0.15) is 6.04 Å². The molecule has 2 aliphatic rings. The van der Waals surface area contributed by atoms with Crippen LogP contribution < -0.4 is 0 Å². The Bertz CT molecular complexity index is 701. The number of piperazine rings is 1. The summed E-state index contributed by atoms with van der Waals surface area (Å²) in [6.45, 7) is 12.1. The van der Waals surface area contributed by atoms with Gasteiger partial charge in [0.25, 0.3) is 11.8 Å². The van der Waals surface area contributed by atoms with E-state index in [-0.39, 0.29) is 23.6 Å². The summed E-state index contributed by atoms with van der Waals surface area (Å²) in [5.41, 5.74) is 0.783. The Morgan fingerprint density at radius 3 is 1.89 bits per heavy atom. The standard InChI is InChI=1S/C21H29N3O3/c1-14(2)13-22-9-11-23(12-10-22)21(27)18(15(3)4)24-19(25)16-7-5-6-8-17(16)20(24)26/h5-8,14-15,18H,9-13H2,1-4H3. The van der Waals surface area contributed by atoms with Crippen molar-refractivity contribution in [3.63, 3.8) is 0 Å². The summed E-state index contributed by atoms with van der Waals surface area (Å²) in [7, 11) is 0. The van der Waals surface area contributed by atoms with Gasteiger partial charge in [0.2, 0.25) is 5.91 Å². The van der Waals surface area contributed by atoms with Crippen LogP contribution in [-0.4, -0.2) is 71.2 Å². The third-order valence-electron chi connectivity index (χ3n) is 5.30. The first-order valence-electron chi connectivity index (χ1n) is 9.79. The fourth-order valence-electron chi connectivity index (χ4n) is 4.01. The molecule has 6 nitrogen and oxygen atoms in total. The van der Waals surface area contributed by atoms with Gasteiger partial charge in [-0.05, 0) is 24.0 Å². The van der Waals surface area contributed by atoms with E-state index >= 15 is 0 Å². The Balaban J connectivity index is 1.76. The molecule has 146 valence electrons. The number of hydrogen-bond acceptors (Lipinski definition) is 4. The Hall–Kier alpha value is -2.21. The van der Waals surface area contributed by atoms with Crippen molar-refractivity contribution >= 4 is 17.7 Å². The second kappa shape index (κ2) is 7.80. The molecule has 1 fully saturated rings. The summed E-state index contributed by atoms with van der Waals surface area (Å²) in [6.07, 6.45) is 0. The monoisotopic (exact) mass is 371 g/mol. The van der Waals surface area contributed by atoms with E-state index in [0.717, 1.165) is 19.6 Å². The fraction of sp³-hybridized carbons (Fsp3) is 0.571. The van der Waals surface area contributed by atoms with Gasteiger partial charge < -0.3 is 4.90 Å². The predicted molar refractivity (Wildman–Crippen MR) is 103 cm³/mol. The average Bonchev–Trinajstić information content (AvgIpc) is 2.87. The van der Waals surface area contributed by atoms with Gasteiger partial charge >= 0.3 is 0 Å². The third-order valence-corrected chi connectivity index (χ3v) is 5.30. The number of amides is 3. The topological polar surface area (TPSA) is 60.9 Å². The molecule has 1 aromatic rings. The molecule has 6 heteroatoms. The molecule has 1 atom stereocenters. The van der Waals surface area contributed by atoms with E-state index in [2.05, 4.69) is 18.7 Å². The Morgan fingerprint density at radius 1 is 0.926 bits per heavy atom. The van der Waals surface area contributed by atoms with E-state index in [9.17, 15) is 14.4 Å². The SMILES string of the molecule is CC(C)CN1CCN(C(=O)C(C(C)C)N2C(=O)c3ccccc3C2=O)CC1. The molecule has 2 aliphatic heterocycles. The van der Waals surface area contributed by atoms with E-state index in [1.165, 1.54) is 4.90 Å². The number of carbonyl (C=O) groups is 3. The van der Waals surface area contributed by atoms with Gasteiger partial charge in [-0.1, -0.05) is 39.8 Å². The van der Waals surface area contributed by atoms with Crippen molar-refractivity contribution in [1.29, 1.82) is 0 Å². The summed E-state index contributed by atoms with van der Waals surface area (Å²) in [5, 5.41) is 0. The molecule has 0 saturated carbocycles. The Kier molecular flexibility index (Phi) is 5.65. The second-order valence-electron chi connectivity index (χ2n) is 8.23. The highest BCUT2D eigenvalue weighted by atomic mass is 16.2. The van der Waals surface area contributed by atoms with Crippen molar-refractivity contribution in [1.82, 2.24) is 14.7 Å². The summed E-state index contributed by atoms with van der Waals surface area (Å²) >= 11 is 0. The van der Waals surface area contributed by atoms with Crippen LogP contribution >= 0.6 is 0 Å². The maximum Gasteiger partial charge on any atom is 0.262 e. The van der Waals surface area contributed by atoms with Crippen LogP contribution in [-0.2, 0) is 4.79 Å². The molecule has 3 amide bonds. The molecule has 1 saturated heterocycles. The van der Waals surface area contributed by atoms with Gasteiger partial charge in [0, 0.05) is 32.7 Å². The molecule has 0 spiro atoms. The van der Waals surface area contributed by atoms with Crippen LogP contribution in [0.25, 0.3) is 0 Å². The number of imide groups is 1. The van der Waals surface area contributed by atoms with Gasteiger partial charge in [-0.2, -0.15) is 0 Å². The molecule has 3 rings (SSSR count). The Morgan fingerprint density at radius 2 is 1.44 bits per heavy atom. The van der Waals surface area contributed by atoms with Crippen molar-refractivity contribution in [2.75, 3.05) is 32.7 Å². The van der Waals surface area contributed by atoms with E-state index in [1.807, 2.05) is 18.7 Å². The minimum absolute atomic E-state index is 0.122. The van der Waals surface area contributed by atoms with Crippen LogP contribution in [0, 0.1) is 11.8 Å². The van der Waals surface area contributed by atoms with Crippen molar-refractivity contribution in [2.45, 2.75) is 33.7 Å². The lowest BCUT2D eigenvalue weighted by atomic mass is 10.0. The zero-order chi connectivity index (χ0) is 19.7. The highest BCUT2D eigenvalue weighted by Crippen LogP contribution is 2.28. The lowest BCUT2D eigenvalue weighted by Gasteiger charge is -2.39. The lowest BCUT2D eigenvalue weighted by Crippen LogP contribution is -2.57. The summed E-state index contributed by atoms with van der Waals surface area (Å²) in [4.78, 5) is 44.3. The zero-order valence-corrected chi connectivity index (χ0v) is 16.6. The maximum absolute atomic E-state index is 13.3. The predicted octanol–water partition coefficient (Wildman–Crippen LogP) is 2.11. The van der Waals surface area contributed by atoms with Crippen LogP contribution in [0.5, 0.6) is 0 Å². The molecule has 1 unspecified atom stereocenters. The quantitative estimate of drug-likeness (QED) is 0.744. The molecule has 2 heterocycles. The normalized spacial score (nSPS) is 19.2. The smallest absolute Gasteiger partial charge is 0.262 e. The molecule has 0 radical (unpaired) electrons. The minimum Gasteiger partial charge on any atom is -0.338 e. The van der Waals surface area contributed by atoms with Gasteiger partial charge in [-0.25, -0.2) is 0 Å². The van der Waals surface area contributed by atoms with Gasteiger partial charge in [0.05, 0.1) is 11.1 Å². The van der Waals surface area contributed by atoms with Crippen molar-refractivity contribution in [2.24, 2.45) is 11.8 Å². The Labute approximate surface area is 161 Å². The molecule has 0 bridgehead atoms. The number of hydrogen-bond donors (Lipinski definition) is 0. The third kappa shape index (κ3) is 3.76. The number of fused-ring (bicyclic) bond motifs is 1. The minimum atomic E-state index is -0.756. The molecular weight excluding hydrogens is 342 g/mol. The largest absolute Gasteiger partial charge is 0.338 e. The van der Waals surface area contributed by atoms with Crippen molar-refractivity contribution < 1.29 is 14.4 Å². The molecule has 0 aliphatic carbocycles. The highest BCUT2D eigenvalue weighted by molar-refractivity contribution is 6.22. The fourth-order valence-corrected chi connectivity index (χ4v) is 4.01. The summed E-state index contributed by atoms with van der Waals surface area (Å²) < 4.78 is 0. The van der Waals surface area contributed by atoms with Crippen LogP contribution in [0.4, 0.5) is 0 Å². The van der Waals surface area contributed by atoms with Crippen LogP contribution in [0.1, 0.15) is 48.4 Å². The molecule has 1 aromatic carbocycles. The molecule has 0 N–H and O–H groups in total. The van der Waals surface area contributed by atoms with Crippen molar-refractivity contribution in [3.05, 3.63) is 35.4 Å². The van der Waals surface area contributed by atoms with Gasteiger partial charge in [-0.15, -0.1) is 0 Å². The first kappa shape index (κ1) is 19.5. The molecular formula is C21H29N3O3. The van der Waals surface area contributed by atoms with E-state index in [0.29, 0.717) is 30.1 Å². The van der Waals surface area contributed by atoms with Crippen molar-refractivity contribution in [3.8, 4) is 0 Å². The zero-order valence-electron chi connectivity index (χ0n) is 16.6. The van der Waals surface area contributed by atoms with Crippen LogP contribution in [0.15, 0.2) is 24.3 Å². The highest BCUT2D eigenvalue weighted by Gasteiger charge is 2.45. The molecule has 27 heavy (non-hydrogen) atoms. The number of rotatable bonds is 5. The van der Waals surface area contributed by atoms with Gasteiger partial charge in [0.15, 0.2) is 0 Å². The lowest BCUT2D eigenvalue weighted by molar-refractivity contribution is -0.138. The second-order valence-corrected chi connectivity index (χ2v) is 8.23. The van der Waals surface area contributed by atoms with E-state index < -0.39 is 6.04 Å². The average molecular weight is 371 g/mol. The number of nitrogens with zero attached hydrogens (tertiary/aromatic N) is 3. The van der Waals surface area contributed by atoms with E-state index in [1.54, 1.807) is 24.3 Å². The number of benzene rings is 1. The van der Waals surface area contributed by atoms with Crippen LogP contribution in [0.2, 0.25) is 0 Å². The first-order chi connectivity index (χ1) is 12.8. The molecule has 0 aromatic heterocycles. The summed E-state index contributed by atoms with van der Waals surface area (Å²) in [6, 6.07) is 6.04. The van der Waals surface area contributed by atoms with E-state index in [4.69, 9.17) is 0 Å². The maximum atomic E-state index is 13.3. The first-order valence-corrected chi connectivity index (χ1v) is 9.79.